The number of rotatable bonds is 15. The van der Waals surface area contributed by atoms with Crippen LogP contribution in [0.15, 0.2) is 115 Å². The summed E-state index contributed by atoms with van der Waals surface area (Å²) >= 11 is 0. The van der Waals surface area contributed by atoms with Crippen LogP contribution in [0, 0.1) is 0 Å². The number of methoxy groups -OCH3 is 1. The van der Waals surface area contributed by atoms with Crippen LogP contribution >= 0.6 is 0 Å². The van der Waals surface area contributed by atoms with Gasteiger partial charge in [-0.25, -0.2) is 4.79 Å². The first kappa shape index (κ1) is 32.8. The van der Waals surface area contributed by atoms with Gasteiger partial charge in [-0.15, -0.1) is 0 Å². The summed E-state index contributed by atoms with van der Waals surface area (Å²) in [6, 6.07) is 32.9. The van der Waals surface area contributed by atoms with Crippen molar-refractivity contribution in [2.45, 2.75) is 37.5 Å². The Morgan fingerprint density at radius 3 is 1.87 bits per heavy atom. The topological polar surface area (TPSA) is 131 Å². The number of benzene rings is 4. The summed E-state index contributed by atoms with van der Waals surface area (Å²) in [6.07, 6.45) is -0.134. The highest BCUT2D eigenvalue weighted by Gasteiger charge is 2.39. The third-order valence-corrected chi connectivity index (χ3v) is 7.58. The van der Waals surface area contributed by atoms with Crippen LogP contribution in [-0.2, 0) is 20.9 Å². The highest BCUT2D eigenvalue weighted by Crippen LogP contribution is 2.34. The van der Waals surface area contributed by atoms with Crippen molar-refractivity contribution in [1.82, 2.24) is 10.2 Å². The first-order valence-corrected chi connectivity index (χ1v) is 14.8. The van der Waals surface area contributed by atoms with Gasteiger partial charge in [-0.05, 0) is 47.2 Å². The van der Waals surface area contributed by atoms with Gasteiger partial charge in [0.1, 0.15) is 18.4 Å². The largest absolute Gasteiger partial charge is 0.497 e. The van der Waals surface area contributed by atoms with Gasteiger partial charge in [-0.1, -0.05) is 103 Å². The average molecular weight is 610 g/mol. The molecule has 0 heterocycles. The van der Waals surface area contributed by atoms with E-state index in [-0.39, 0.29) is 25.5 Å². The normalized spacial score (nSPS) is 12.2. The van der Waals surface area contributed by atoms with Crippen molar-refractivity contribution in [2.75, 3.05) is 20.3 Å². The van der Waals surface area contributed by atoms with Gasteiger partial charge in [0, 0.05) is 6.54 Å². The molecule has 0 saturated heterocycles. The zero-order valence-corrected chi connectivity index (χ0v) is 25.3. The molecule has 4 aromatic carbocycles. The van der Waals surface area contributed by atoms with E-state index in [0.717, 1.165) is 16.7 Å². The lowest BCUT2D eigenvalue weighted by Crippen LogP contribution is -2.52. The Kier molecular flexibility index (Phi) is 12.1. The van der Waals surface area contributed by atoms with E-state index in [1.807, 2.05) is 91.0 Å². The van der Waals surface area contributed by atoms with E-state index in [4.69, 9.17) is 15.2 Å². The zero-order chi connectivity index (χ0) is 32.0. The predicted molar refractivity (Wildman–Crippen MR) is 171 cm³/mol. The van der Waals surface area contributed by atoms with E-state index in [9.17, 15) is 19.5 Å². The third-order valence-electron chi connectivity index (χ3n) is 7.58. The molecule has 4 aromatic rings. The van der Waals surface area contributed by atoms with Crippen molar-refractivity contribution < 1.29 is 29.0 Å². The summed E-state index contributed by atoms with van der Waals surface area (Å²) in [5, 5.41) is 13.4. The highest BCUT2D eigenvalue weighted by molar-refractivity contribution is 5.92. The van der Waals surface area contributed by atoms with Gasteiger partial charge in [0.05, 0.1) is 25.7 Å². The molecule has 0 aromatic heterocycles. The van der Waals surface area contributed by atoms with Gasteiger partial charge < -0.3 is 30.5 Å². The van der Waals surface area contributed by atoms with Crippen LogP contribution in [0.5, 0.6) is 5.75 Å². The Morgan fingerprint density at radius 1 is 0.800 bits per heavy atom. The van der Waals surface area contributed by atoms with Crippen LogP contribution in [0.25, 0.3) is 0 Å². The number of aliphatic hydroxyl groups excluding tert-OH is 1. The molecule has 0 unspecified atom stereocenters. The van der Waals surface area contributed by atoms with Crippen LogP contribution < -0.4 is 15.8 Å². The molecule has 2 atom stereocenters. The predicted octanol–water partition coefficient (Wildman–Crippen LogP) is 4.95. The standard InChI is InChI=1S/C36H39N3O6/c1-44-30-21-19-27(20-22-30)32(24-40)39(35(42)33(28-14-7-3-8-15-28)29-16-9-4-10-17-29)31(34(37)41)18-11-23-38-36(43)45-25-26-12-5-2-6-13-26/h2-10,12-17,19-22,31-33,40H,11,18,23-25H2,1H3,(H2,37,41)(H,38,43)/t31-,32-/m1/s1. The third kappa shape index (κ3) is 8.93. The monoisotopic (exact) mass is 609 g/mol. The second kappa shape index (κ2) is 16.6. The smallest absolute Gasteiger partial charge is 0.407 e. The number of nitrogens with zero attached hydrogens (tertiary/aromatic N) is 1. The minimum Gasteiger partial charge on any atom is -0.497 e. The van der Waals surface area contributed by atoms with Gasteiger partial charge in [-0.2, -0.15) is 0 Å². The Bertz CT molecular complexity index is 1460. The molecule has 4 rings (SSSR count). The van der Waals surface area contributed by atoms with Gasteiger partial charge in [-0.3, -0.25) is 9.59 Å². The number of aliphatic hydroxyl groups is 1. The molecule has 4 N–H and O–H groups in total. The van der Waals surface area contributed by atoms with Crippen molar-refractivity contribution in [1.29, 1.82) is 0 Å². The first-order chi connectivity index (χ1) is 21.9. The summed E-state index contributed by atoms with van der Waals surface area (Å²) in [5.74, 6) is -1.27. The van der Waals surface area contributed by atoms with E-state index in [1.54, 1.807) is 31.4 Å². The maximum atomic E-state index is 14.7. The summed E-state index contributed by atoms with van der Waals surface area (Å²) in [6.45, 7) is -0.145. The number of ether oxygens (including phenoxy) is 2. The molecule has 0 aliphatic rings. The number of amides is 3. The average Bonchev–Trinajstić information content (AvgIpc) is 3.08. The maximum Gasteiger partial charge on any atom is 0.407 e. The van der Waals surface area contributed by atoms with Gasteiger partial charge in [0.2, 0.25) is 11.8 Å². The molecule has 0 fully saturated rings. The molecule has 0 spiro atoms. The number of nitrogens with two attached hydrogens (primary N) is 1. The van der Waals surface area contributed by atoms with Crippen molar-refractivity contribution >= 4 is 17.9 Å². The molecule has 45 heavy (non-hydrogen) atoms. The summed E-state index contributed by atoms with van der Waals surface area (Å²) in [7, 11) is 1.55. The van der Waals surface area contributed by atoms with Crippen LogP contribution in [0.2, 0.25) is 0 Å². The van der Waals surface area contributed by atoms with Crippen LogP contribution in [0.1, 0.15) is 47.1 Å². The quantitative estimate of drug-likeness (QED) is 0.164. The maximum absolute atomic E-state index is 14.7. The van der Waals surface area contributed by atoms with Crippen LogP contribution in [0.3, 0.4) is 0 Å². The van der Waals surface area contributed by atoms with Crippen molar-refractivity contribution in [2.24, 2.45) is 5.73 Å². The van der Waals surface area contributed by atoms with Gasteiger partial charge in [0.15, 0.2) is 0 Å². The molecule has 9 heteroatoms. The highest BCUT2D eigenvalue weighted by atomic mass is 16.5. The summed E-state index contributed by atoms with van der Waals surface area (Å²) in [5.41, 5.74) is 8.91. The van der Waals surface area contributed by atoms with E-state index < -0.39 is 36.6 Å². The molecule has 234 valence electrons. The fourth-order valence-corrected chi connectivity index (χ4v) is 5.30. The van der Waals surface area contributed by atoms with Crippen molar-refractivity contribution in [3.05, 3.63) is 138 Å². The van der Waals surface area contributed by atoms with E-state index in [1.165, 1.54) is 4.90 Å². The molecule has 9 nitrogen and oxygen atoms in total. The molecule has 3 amide bonds. The van der Waals surface area contributed by atoms with Gasteiger partial charge >= 0.3 is 6.09 Å². The second-order valence-electron chi connectivity index (χ2n) is 10.5. The van der Waals surface area contributed by atoms with E-state index >= 15 is 0 Å². The molecule has 0 aliphatic carbocycles. The van der Waals surface area contributed by atoms with Crippen molar-refractivity contribution in [3.63, 3.8) is 0 Å². The van der Waals surface area contributed by atoms with E-state index in [0.29, 0.717) is 17.7 Å². The lowest BCUT2D eigenvalue weighted by molar-refractivity contribution is -0.144. The Balaban J connectivity index is 1.61. The number of nitrogens with one attached hydrogen (secondary N) is 1. The minimum absolute atomic E-state index is 0.124. The lowest BCUT2D eigenvalue weighted by atomic mass is 9.88. The number of hydrogen-bond acceptors (Lipinski definition) is 6. The first-order valence-electron chi connectivity index (χ1n) is 14.8. The minimum atomic E-state index is -1.09. The Labute approximate surface area is 263 Å². The molecule has 0 aliphatic heterocycles. The lowest BCUT2D eigenvalue weighted by Gasteiger charge is -2.39. The SMILES string of the molecule is COc1ccc([C@@H](CO)N(C(=O)C(c2ccccc2)c2ccccc2)[C@H](CCCNC(=O)OCc2ccccc2)C(N)=O)cc1. The van der Waals surface area contributed by atoms with Crippen molar-refractivity contribution in [3.8, 4) is 5.75 Å². The molecule has 0 bridgehead atoms. The molecular formula is C36H39N3O6. The fourth-order valence-electron chi connectivity index (χ4n) is 5.30. The number of hydrogen-bond donors (Lipinski definition) is 3. The summed E-state index contributed by atoms with van der Waals surface area (Å²) in [4.78, 5) is 41.5. The molecule has 0 saturated carbocycles. The Hall–Kier alpha value is -5.15. The van der Waals surface area contributed by atoms with Crippen LogP contribution in [-0.4, -0.2) is 54.2 Å². The van der Waals surface area contributed by atoms with E-state index in [2.05, 4.69) is 5.32 Å². The number of alkyl carbamates (subject to hydrolysis) is 1. The second-order valence-corrected chi connectivity index (χ2v) is 10.5. The molecular weight excluding hydrogens is 570 g/mol. The van der Waals surface area contributed by atoms with Gasteiger partial charge in [0.25, 0.3) is 0 Å². The summed E-state index contributed by atoms with van der Waals surface area (Å²) < 4.78 is 10.6. The fraction of sp³-hybridized carbons (Fsp3) is 0.250. The number of carbonyl (C=O) groups is 3. The zero-order valence-electron chi connectivity index (χ0n) is 25.3. The van der Waals surface area contributed by atoms with Crippen LogP contribution in [0.4, 0.5) is 4.79 Å². The number of primary amides is 1. The number of carbonyl (C=O) groups excluding carboxylic acids is 3. The molecule has 0 radical (unpaired) electrons. The Morgan fingerprint density at radius 2 is 1.36 bits per heavy atom.